The van der Waals surface area contributed by atoms with Crippen molar-refractivity contribution in [1.29, 1.82) is 5.26 Å². The largest absolute Gasteiger partial charge is 0.389 e. The molecule has 0 saturated heterocycles. The van der Waals surface area contributed by atoms with Crippen molar-refractivity contribution >= 4 is 23.2 Å². The van der Waals surface area contributed by atoms with E-state index in [9.17, 15) is 14.3 Å². The van der Waals surface area contributed by atoms with E-state index >= 15 is 0 Å². The van der Waals surface area contributed by atoms with Gasteiger partial charge in [-0.15, -0.1) is 0 Å². The Bertz CT molecular complexity index is 1270. The molecule has 0 bridgehead atoms. The third-order valence-corrected chi connectivity index (χ3v) is 5.54. The van der Waals surface area contributed by atoms with Gasteiger partial charge in [-0.1, -0.05) is 0 Å². The third-order valence-electron chi connectivity index (χ3n) is 5.54. The number of hydrogen-bond donors (Lipinski definition) is 3. The van der Waals surface area contributed by atoms with Gasteiger partial charge in [0, 0.05) is 29.9 Å². The molecule has 3 N–H and O–H groups in total. The zero-order valence-corrected chi connectivity index (χ0v) is 19.4. The number of benzene rings is 1. The smallest absolute Gasteiger partial charge is 0.271 e. The van der Waals surface area contributed by atoms with E-state index in [-0.39, 0.29) is 12.2 Å². The molecule has 0 radical (unpaired) electrons. The van der Waals surface area contributed by atoms with E-state index in [0.717, 1.165) is 16.9 Å². The first-order chi connectivity index (χ1) is 16.8. The minimum Gasteiger partial charge on any atom is -0.389 e. The Labute approximate surface area is 201 Å². The summed E-state index contributed by atoms with van der Waals surface area (Å²) >= 11 is 0. The number of rotatable bonds is 7. The number of carbonyl (C=O) groups is 1. The maximum Gasteiger partial charge on any atom is 0.271 e. The van der Waals surface area contributed by atoms with Gasteiger partial charge in [-0.3, -0.25) is 4.79 Å². The fourth-order valence-electron chi connectivity index (χ4n) is 3.70. The summed E-state index contributed by atoms with van der Waals surface area (Å²) in [6, 6.07) is 7.18. The molecular formula is C24H25FN8O2. The van der Waals surface area contributed by atoms with E-state index in [1.54, 1.807) is 26.0 Å². The lowest BCUT2D eigenvalue weighted by atomic mass is 10.0. The van der Waals surface area contributed by atoms with Crippen molar-refractivity contribution in [2.24, 2.45) is 0 Å². The Morgan fingerprint density at radius 2 is 2.09 bits per heavy atom. The Morgan fingerprint density at radius 3 is 2.77 bits per heavy atom. The van der Waals surface area contributed by atoms with Gasteiger partial charge in [0.25, 0.3) is 5.91 Å². The number of anilines is 3. The van der Waals surface area contributed by atoms with Gasteiger partial charge in [0.05, 0.1) is 41.9 Å². The third kappa shape index (κ3) is 5.67. The number of nitrogens with zero attached hydrogens (tertiary/aromatic N) is 6. The molecule has 35 heavy (non-hydrogen) atoms. The van der Waals surface area contributed by atoms with Crippen LogP contribution in [0.25, 0.3) is 0 Å². The van der Waals surface area contributed by atoms with Crippen molar-refractivity contribution in [1.82, 2.24) is 25.3 Å². The molecule has 4 rings (SSSR count). The van der Waals surface area contributed by atoms with Gasteiger partial charge < -0.3 is 20.6 Å². The second-order valence-electron chi connectivity index (χ2n) is 8.81. The van der Waals surface area contributed by atoms with Crippen LogP contribution in [-0.2, 0) is 19.6 Å². The van der Waals surface area contributed by atoms with Crippen molar-refractivity contribution in [3.63, 3.8) is 0 Å². The van der Waals surface area contributed by atoms with Crippen LogP contribution in [0.1, 0.15) is 46.7 Å². The Morgan fingerprint density at radius 1 is 1.26 bits per heavy atom. The average molecular weight is 477 g/mol. The van der Waals surface area contributed by atoms with E-state index in [0.29, 0.717) is 42.3 Å². The molecule has 2 aromatic heterocycles. The molecule has 0 saturated carbocycles. The molecule has 1 amide bonds. The Kier molecular flexibility index (Phi) is 6.84. The molecule has 0 aliphatic carbocycles. The number of alkyl halides is 1. The molecule has 1 aromatic carbocycles. The first-order valence-electron chi connectivity index (χ1n) is 11.0. The van der Waals surface area contributed by atoms with Crippen LogP contribution in [0.15, 0.2) is 36.9 Å². The SMILES string of the molecule is CC(C)(O)CNC(=O)c1cnc(Nc2ncnc3c2CCN(c2ccc(C#N)c(CF)c2)C3)cn1. The molecule has 0 fully saturated rings. The summed E-state index contributed by atoms with van der Waals surface area (Å²) in [6.45, 7) is 3.76. The van der Waals surface area contributed by atoms with Crippen LogP contribution < -0.4 is 15.5 Å². The van der Waals surface area contributed by atoms with E-state index in [1.807, 2.05) is 12.1 Å². The first-order valence-corrected chi connectivity index (χ1v) is 11.0. The van der Waals surface area contributed by atoms with Crippen LogP contribution in [0.3, 0.4) is 0 Å². The fourth-order valence-corrected chi connectivity index (χ4v) is 3.70. The quantitative estimate of drug-likeness (QED) is 0.469. The highest BCUT2D eigenvalue weighted by Gasteiger charge is 2.22. The second-order valence-corrected chi connectivity index (χ2v) is 8.81. The van der Waals surface area contributed by atoms with Crippen LogP contribution >= 0.6 is 0 Å². The van der Waals surface area contributed by atoms with Crippen molar-refractivity contribution in [2.75, 3.05) is 23.3 Å². The lowest BCUT2D eigenvalue weighted by Crippen LogP contribution is -2.38. The number of aliphatic hydroxyl groups is 1. The number of fused-ring (bicyclic) bond motifs is 1. The highest BCUT2D eigenvalue weighted by atomic mass is 19.1. The number of carbonyl (C=O) groups excluding carboxylic acids is 1. The lowest BCUT2D eigenvalue weighted by Gasteiger charge is -2.31. The monoisotopic (exact) mass is 476 g/mol. The highest BCUT2D eigenvalue weighted by molar-refractivity contribution is 5.92. The van der Waals surface area contributed by atoms with E-state index in [2.05, 4.69) is 35.5 Å². The molecule has 0 atom stereocenters. The summed E-state index contributed by atoms with van der Waals surface area (Å²) < 4.78 is 13.3. The van der Waals surface area contributed by atoms with Crippen molar-refractivity contribution in [3.05, 3.63) is 65.0 Å². The highest BCUT2D eigenvalue weighted by Crippen LogP contribution is 2.29. The van der Waals surface area contributed by atoms with Crippen LogP contribution in [0, 0.1) is 11.3 Å². The molecule has 0 spiro atoms. The summed E-state index contributed by atoms with van der Waals surface area (Å²) in [5.41, 5.74) is 2.42. The second kappa shape index (κ2) is 9.99. The molecule has 0 unspecified atom stereocenters. The lowest BCUT2D eigenvalue weighted by molar-refractivity contribution is 0.0691. The van der Waals surface area contributed by atoms with Crippen LogP contribution in [0.4, 0.5) is 21.7 Å². The maximum atomic E-state index is 13.3. The summed E-state index contributed by atoms with van der Waals surface area (Å²) in [4.78, 5) is 31.4. The molecule has 3 aromatic rings. The van der Waals surface area contributed by atoms with Crippen LogP contribution in [0.2, 0.25) is 0 Å². The van der Waals surface area contributed by atoms with Crippen molar-refractivity contribution < 1.29 is 14.3 Å². The zero-order chi connectivity index (χ0) is 25.0. The van der Waals surface area contributed by atoms with Gasteiger partial charge in [0.15, 0.2) is 0 Å². The van der Waals surface area contributed by atoms with E-state index < -0.39 is 18.2 Å². The zero-order valence-electron chi connectivity index (χ0n) is 19.4. The molecule has 1 aliphatic rings. The number of amides is 1. The summed E-state index contributed by atoms with van der Waals surface area (Å²) in [6.07, 6.45) is 4.90. The standard InChI is InChI=1S/C24H25FN8O2/c1-24(2,35)13-29-23(34)19-10-28-21(11-27-19)32-22-18-5-6-33(12-20(18)30-14-31-22)17-4-3-15(9-26)16(7-17)8-25/h3-4,7,10-11,14,35H,5-6,8,12-13H2,1-2H3,(H,29,34)(H,28,30,31,32). The van der Waals surface area contributed by atoms with Crippen LogP contribution in [0.5, 0.6) is 0 Å². The molecule has 10 nitrogen and oxygen atoms in total. The fraction of sp³-hybridized carbons (Fsp3) is 0.333. The van der Waals surface area contributed by atoms with E-state index in [4.69, 9.17) is 5.26 Å². The van der Waals surface area contributed by atoms with Gasteiger partial charge >= 0.3 is 0 Å². The first kappa shape index (κ1) is 24.0. The predicted molar refractivity (Wildman–Crippen MR) is 127 cm³/mol. The molecule has 11 heteroatoms. The molecule has 180 valence electrons. The molecular weight excluding hydrogens is 451 g/mol. The summed E-state index contributed by atoms with van der Waals surface area (Å²) in [7, 11) is 0. The normalized spacial score (nSPS) is 13.1. The predicted octanol–water partition coefficient (Wildman–Crippen LogP) is 2.41. The Hall–Kier alpha value is -4.17. The summed E-state index contributed by atoms with van der Waals surface area (Å²) in [5, 5.41) is 24.6. The number of aromatic nitrogens is 4. The number of hydrogen-bond acceptors (Lipinski definition) is 9. The van der Waals surface area contributed by atoms with E-state index in [1.165, 1.54) is 18.7 Å². The minimum absolute atomic E-state index is 0.0924. The Balaban J connectivity index is 1.46. The minimum atomic E-state index is -1.03. The van der Waals surface area contributed by atoms with Gasteiger partial charge in [0.2, 0.25) is 0 Å². The van der Waals surface area contributed by atoms with Gasteiger partial charge in [-0.2, -0.15) is 5.26 Å². The van der Waals surface area contributed by atoms with Crippen molar-refractivity contribution in [3.8, 4) is 6.07 Å². The molecule has 3 heterocycles. The van der Waals surface area contributed by atoms with Gasteiger partial charge in [0.1, 0.15) is 30.3 Å². The maximum absolute atomic E-state index is 13.3. The number of halogens is 1. The summed E-state index contributed by atoms with van der Waals surface area (Å²) in [5.74, 6) is 0.601. The topological polar surface area (TPSA) is 140 Å². The average Bonchev–Trinajstić information content (AvgIpc) is 2.86. The number of nitrogens with one attached hydrogen (secondary N) is 2. The van der Waals surface area contributed by atoms with Crippen molar-refractivity contribution in [2.45, 2.75) is 39.1 Å². The molecule has 1 aliphatic heterocycles. The van der Waals surface area contributed by atoms with Crippen LogP contribution in [-0.4, -0.2) is 49.6 Å². The van der Waals surface area contributed by atoms with Gasteiger partial charge in [-0.05, 0) is 38.5 Å². The van der Waals surface area contributed by atoms with Gasteiger partial charge in [-0.25, -0.2) is 24.3 Å². The number of nitriles is 1.